The van der Waals surface area contributed by atoms with Crippen LogP contribution in [-0.4, -0.2) is 10.2 Å². The van der Waals surface area contributed by atoms with Crippen molar-refractivity contribution in [3.05, 3.63) is 44.1 Å². The van der Waals surface area contributed by atoms with E-state index in [0.717, 1.165) is 16.8 Å². The van der Waals surface area contributed by atoms with Gasteiger partial charge in [-0.2, -0.15) is 5.26 Å². The number of ether oxygens (including phenoxy) is 1. The van der Waals surface area contributed by atoms with E-state index in [9.17, 15) is 5.26 Å². The maximum Gasteiger partial charge on any atom is 0.244 e. The third-order valence-corrected chi connectivity index (χ3v) is 4.50. The number of rotatable bonds is 1. The van der Waals surface area contributed by atoms with E-state index in [-0.39, 0.29) is 11.8 Å². The lowest BCUT2D eigenvalue weighted by Crippen LogP contribution is -2.21. The van der Waals surface area contributed by atoms with Crippen molar-refractivity contribution in [1.82, 2.24) is 10.2 Å². The molecule has 3 heterocycles. The SMILES string of the molecule is Cc1cc([C@H]2C(C#N)=C(N)Oc3n[nH]c(C)c32)c(C)s1. The summed E-state index contributed by atoms with van der Waals surface area (Å²) in [5.74, 6) is 0.402. The Labute approximate surface area is 120 Å². The normalized spacial score (nSPS) is 17.6. The van der Waals surface area contributed by atoms with Gasteiger partial charge < -0.3 is 10.5 Å². The Balaban J connectivity index is 2.28. The molecule has 0 fully saturated rings. The van der Waals surface area contributed by atoms with Crippen LogP contribution in [0.4, 0.5) is 0 Å². The lowest BCUT2D eigenvalue weighted by molar-refractivity contribution is 0.379. The van der Waals surface area contributed by atoms with Gasteiger partial charge in [-0.25, -0.2) is 0 Å². The molecule has 0 aromatic carbocycles. The van der Waals surface area contributed by atoms with Crippen molar-refractivity contribution < 1.29 is 4.74 Å². The Morgan fingerprint density at radius 2 is 2.20 bits per heavy atom. The molecule has 102 valence electrons. The quantitative estimate of drug-likeness (QED) is 0.843. The number of aromatic nitrogens is 2. The number of hydrogen-bond donors (Lipinski definition) is 2. The van der Waals surface area contributed by atoms with Gasteiger partial charge in [0.1, 0.15) is 11.6 Å². The molecule has 0 amide bonds. The Kier molecular flexibility index (Phi) is 2.80. The number of H-pyrrole nitrogens is 1. The topological polar surface area (TPSA) is 87.7 Å². The standard InChI is InChI=1S/C14H14N4OS/c1-6-4-9(8(3)20-6)12-10(5-15)13(16)19-14-11(12)7(2)17-18-14/h4,12H,16H2,1-3H3,(H,17,18)/t12-/m0/s1. The molecule has 0 spiro atoms. The fourth-order valence-electron chi connectivity index (χ4n) is 2.65. The zero-order chi connectivity index (χ0) is 14.4. The predicted molar refractivity (Wildman–Crippen MR) is 76.4 cm³/mol. The van der Waals surface area contributed by atoms with Crippen molar-refractivity contribution in [1.29, 1.82) is 5.26 Å². The highest BCUT2D eigenvalue weighted by Gasteiger charge is 2.35. The van der Waals surface area contributed by atoms with Crippen molar-refractivity contribution in [3.63, 3.8) is 0 Å². The third-order valence-electron chi connectivity index (χ3n) is 3.52. The van der Waals surface area contributed by atoms with Gasteiger partial charge in [-0.3, -0.25) is 5.10 Å². The number of hydrogen-bond acceptors (Lipinski definition) is 5. The van der Waals surface area contributed by atoms with Crippen LogP contribution >= 0.6 is 11.3 Å². The zero-order valence-corrected chi connectivity index (χ0v) is 12.3. The highest BCUT2D eigenvalue weighted by atomic mass is 32.1. The molecule has 0 bridgehead atoms. The average molecular weight is 286 g/mol. The van der Waals surface area contributed by atoms with Gasteiger partial charge in [0.25, 0.3) is 0 Å². The summed E-state index contributed by atoms with van der Waals surface area (Å²) in [5, 5.41) is 16.5. The van der Waals surface area contributed by atoms with Crippen LogP contribution in [-0.2, 0) is 0 Å². The van der Waals surface area contributed by atoms with E-state index in [4.69, 9.17) is 10.5 Å². The molecule has 0 radical (unpaired) electrons. The fourth-order valence-corrected chi connectivity index (χ4v) is 3.61. The molecular weight excluding hydrogens is 272 g/mol. The summed E-state index contributed by atoms with van der Waals surface area (Å²) in [7, 11) is 0. The van der Waals surface area contributed by atoms with Crippen molar-refractivity contribution in [2.45, 2.75) is 26.7 Å². The molecule has 0 unspecified atom stereocenters. The molecule has 0 saturated carbocycles. The van der Waals surface area contributed by atoms with Gasteiger partial charge in [0.15, 0.2) is 0 Å². The van der Waals surface area contributed by atoms with E-state index in [1.54, 1.807) is 11.3 Å². The minimum absolute atomic E-state index is 0.139. The third kappa shape index (κ3) is 1.71. The molecule has 6 heteroatoms. The Morgan fingerprint density at radius 3 is 2.80 bits per heavy atom. The van der Waals surface area contributed by atoms with Gasteiger partial charge in [-0.15, -0.1) is 16.4 Å². The lowest BCUT2D eigenvalue weighted by atomic mass is 9.84. The van der Waals surface area contributed by atoms with Gasteiger partial charge in [0, 0.05) is 21.0 Å². The van der Waals surface area contributed by atoms with E-state index in [2.05, 4.69) is 36.2 Å². The van der Waals surface area contributed by atoms with Crippen LogP contribution in [0, 0.1) is 32.1 Å². The number of fused-ring (bicyclic) bond motifs is 1. The molecule has 20 heavy (non-hydrogen) atoms. The van der Waals surface area contributed by atoms with E-state index in [0.29, 0.717) is 11.5 Å². The first-order valence-electron chi connectivity index (χ1n) is 6.22. The highest BCUT2D eigenvalue weighted by molar-refractivity contribution is 7.12. The molecule has 0 saturated heterocycles. The minimum atomic E-state index is -0.201. The number of aromatic amines is 1. The molecule has 2 aromatic heterocycles. The number of allylic oxidation sites excluding steroid dienone is 1. The van der Waals surface area contributed by atoms with Crippen molar-refractivity contribution in [3.8, 4) is 11.9 Å². The van der Waals surface area contributed by atoms with Crippen molar-refractivity contribution >= 4 is 11.3 Å². The monoisotopic (exact) mass is 286 g/mol. The average Bonchev–Trinajstić information content (AvgIpc) is 2.91. The molecule has 3 N–H and O–H groups in total. The number of nitrogens with one attached hydrogen (secondary N) is 1. The highest BCUT2D eigenvalue weighted by Crippen LogP contribution is 2.44. The van der Waals surface area contributed by atoms with E-state index < -0.39 is 0 Å². The Hall–Kier alpha value is -2.26. The van der Waals surface area contributed by atoms with Gasteiger partial charge >= 0.3 is 0 Å². The van der Waals surface area contributed by atoms with Crippen LogP contribution in [0.1, 0.15) is 32.5 Å². The summed E-state index contributed by atoms with van der Waals surface area (Å²) in [6.07, 6.45) is 0. The van der Waals surface area contributed by atoms with Crippen LogP contribution in [0.15, 0.2) is 17.5 Å². The maximum absolute atomic E-state index is 9.45. The second-order valence-corrected chi connectivity index (χ2v) is 6.32. The summed E-state index contributed by atoms with van der Waals surface area (Å²) in [4.78, 5) is 2.39. The van der Waals surface area contributed by atoms with E-state index in [1.807, 2.05) is 6.92 Å². The predicted octanol–water partition coefficient (Wildman–Crippen LogP) is 2.61. The molecule has 1 aliphatic rings. The van der Waals surface area contributed by atoms with E-state index in [1.165, 1.54) is 9.75 Å². The van der Waals surface area contributed by atoms with Crippen LogP contribution in [0.25, 0.3) is 0 Å². The smallest absolute Gasteiger partial charge is 0.244 e. The number of aryl methyl sites for hydroxylation is 3. The Bertz CT molecular complexity index is 763. The summed E-state index contributed by atoms with van der Waals surface area (Å²) < 4.78 is 5.45. The number of nitrogens with zero attached hydrogens (tertiary/aromatic N) is 2. The van der Waals surface area contributed by atoms with E-state index >= 15 is 0 Å². The number of nitriles is 1. The Morgan fingerprint density at radius 1 is 1.45 bits per heavy atom. The molecule has 0 aliphatic carbocycles. The van der Waals surface area contributed by atoms with Gasteiger partial charge in [0.2, 0.25) is 11.8 Å². The van der Waals surface area contributed by atoms with Crippen LogP contribution in [0.3, 0.4) is 0 Å². The van der Waals surface area contributed by atoms with Gasteiger partial charge in [0.05, 0.1) is 5.92 Å². The molecular formula is C14H14N4OS. The van der Waals surface area contributed by atoms with Crippen molar-refractivity contribution in [2.75, 3.05) is 0 Å². The second kappa shape index (κ2) is 4.39. The molecule has 2 aromatic rings. The molecule has 3 rings (SSSR count). The van der Waals surface area contributed by atoms with Crippen LogP contribution in [0.5, 0.6) is 5.88 Å². The first-order valence-corrected chi connectivity index (χ1v) is 7.04. The molecule has 5 nitrogen and oxygen atoms in total. The minimum Gasteiger partial charge on any atom is -0.420 e. The number of thiophene rings is 1. The zero-order valence-electron chi connectivity index (χ0n) is 11.4. The van der Waals surface area contributed by atoms with Crippen molar-refractivity contribution in [2.24, 2.45) is 5.73 Å². The maximum atomic E-state index is 9.45. The van der Waals surface area contributed by atoms with Crippen LogP contribution < -0.4 is 10.5 Å². The van der Waals surface area contributed by atoms with Crippen LogP contribution in [0.2, 0.25) is 0 Å². The summed E-state index contributed by atoms with van der Waals surface area (Å²) in [5.41, 5.74) is 9.22. The number of nitrogens with two attached hydrogens (primary N) is 1. The summed E-state index contributed by atoms with van der Waals surface area (Å²) in [6.45, 7) is 6.04. The lowest BCUT2D eigenvalue weighted by Gasteiger charge is -2.23. The fraction of sp³-hybridized carbons (Fsp3) is 0.286. The second-order valence-electron chi connectivity index (χ2n) is 4.86. The first kappa shape index (κ1) is 12.8. The van der Waals surface area contributed by atoms with Gasteiger partial charge in [-0.1, -0.05) is 0 Å². The molecule has 1 atom stereocenters. The molecule has 1 aliphatic heterocycles. The first-order chi connectivity index (χ1) is 9.52. The summed E-state index contributed by atoms with van der Waals surface area (Å²) in [6, 6.07) is 4.30. The largest absolute Gasteiger partial charge is 0.420 e. The van der Waals surface area contributed by atoms with Gasteiger partial charge in [-0.05, 0) is 32.4 Å². The summed E-state index contributed by atoms with van der Waals surface area (Å²) >= 11 is 1.72.